The first kappa shape index (κ1) is 19.6. The minimum atomic E-state index is -0.356. The van der Waals surface area contributed by atoms with E-state index in [-0.39, 0.29) is 5.60 Å². The third-order valence-corrected chi connectivity index (χ3v) is 4.84. The number of nitrogens with zero attached hydrogens (tertiary/aromatic N) is 3. The molecule has 0 saturated carbocycles. The van der Waals surface area contributed by atoms with Crippen LogP contribution in [-0.4, -0.2) is 33.3 Å². The summed E-state index contributed by atoms with van der Waals surface area (Å²) in [7, 11) is 0. The summed E-state index contributed by atoms with van der Waals surface area (Å²) in [6.07, 6.45) is 4.39. The molecule has 6 heteroatoms. The van der Waals surface area contributed by atoms with Crippen LogP contribution in [-0.2, 0) is 17.7 Å². The van der Waals surface area contributed by atoms with Crippen LogP contribution in [0.3, 0.4) is 0 Å². The molecule has 1 aromatic carbocycles. The third kappa shape index (κ3) is 4.22. The van der Waals surface area contributed by atoms with E-state index in [0.717, 1.165) is 40.6 Å². The van der Waals surface area contributed by atoms with Crippen molar-refractivity contribution in [3.05, 3.63) is 30.1 Å². The Hall–Kier alpha value is -2.18. The molecule has 3 aromatic rings. The number of para-hydroxylation sites is 1. The maximum absolute atomic E-state index is 6.27. The fraction of sp³-hybridized carbons (Fsp3) is 0.524. The lowest BCUT2D eigenvalue weighted by Gasteiger charge is -2.27. The van der Waals surface area contributed by atoms with Crippen LogP contribution in [0.4, 0.5) is 5.82 Å². The maximum atomic E-state index is 6.27. The summed E-state index contributed by atoms with van der Waals surface area (Å²) in [5, 5.41) is 1.07. The Morgan fingerprint density at radius 2 is 1.93 bits per heavy atom. The van der Waals surface area contributed by atoms with Crippen molar-refractivity contribution in [3.8, 4) is 0 Å². The first-order valence-electron chi connectivity index (χ1n) is 9.84. The average molecular weight is 370 g/mol. The number of aromatic nitrogens is 3. The van der Waals surface area contributed by atoms with Gasteiger partial charge in [0.15, 0.2) is 5.82 Å². The molecule has 0 atom stereocenters. The van der Waals surface area contributed by atoms with E-state index in [1.165, 1.54) is 12.8 Å². The topological polar surface area (TPSA) is 92.0 Å². The maximum Gasteiger partial charge on any atom is 0.152 e. The Kier molecular flexibility index (Phi) is 5.97. The first-order valence-corrected chi connectivity index (χ1v) is 9.84. The van der Waals surface area contributed by atoms with E-state index in [0.29, 0.717) is 25.5 Å². The number of rotatable bonds is 9. The summed E-state index contributed by atoms with van der Waals surface area (Å²) in [5.74, 6) is 1.53. The molecule has 27 heavy (non-hydrogen) atoms. The van der Waals surface area contributed by atoms with Crippen molar-refractivity contribution in [2.45, 2.75) is 58.6 Å². The molecular weight excluding hydrogens is 338 g/mol. The number of anilines is 1. The van der Waals surface area contributed by atoms with Crippen molar-refractivity contribution in [3.63, 3.8) is 0 Å². The molecule has 0 bridgehead atoms. The number of nitrogen functional groups attached to an aromatic ring is 1. The van der Waals surface area contributed by atoms with Gasteiger partial charge in [-0.25, -0.2) is 9.97 Å². The van der Waals surface area contributed by atoms with Gasteiger partial charge in [-0.05, 0) is 26.3 Å². The SMILES string of the molecule is CCCCCc1nc2c(N)nc3ccccc3c2n1CC(C)(C)OCCN. The highest BCUT2D eigenvalue weighted by Crippen LogP contribution is 2.31. The molecule has 0 unspecified atom stereocenters. The second-order valence-electron chi connectivity index (χ2n) is 7.68. The van der Waals surface area contributed by atoms with Gasteiger partial charge in [0, 0.05) is 18.4 Å². The molecule has 0 saturated heterocycles. The van der Waals surface area contributed by atoms with Gasteiger partial charge in [-0.3, -0.25) is 0 Å². The number of hydrogen-bond acceptors (Lipinski definition) is 5. The van der Waals surface area contributed by atoms with Crippen molar-refractivity contribution >= 4 is 27.8 Å². The normalized spacial score (nSPS) is 12.3. The van der Waals surface area contributed by atoms with E-state index in [4.69, 9.17) is 21.2 Å². The number of ether oxygens (including phenoxy) is 1. The summed E-state index contributed by atoms with van der Waals surface area (Å²) < 4.78 is 8.28. The van der Waals surface area contributed by atoms with Gasteiger partial charge in [0.05, 0.1) is 29.8 Å². The van der Waals surface area contributed by atoms with Gasteiger partial charge in [-0.1, -0.05) is 38.0 Å². The van der Waals surface area contributed by atoms with Crippen LogP contribution in [0.1, 0.15) is 45.9 Å². The summed E-state index contributed by atoms with van der Waals surface area (Å²) in [4.78, 5) is 9.45. The molecule has 0 aliphatic rings. The van der Waals surface area contributed by atoms with Crippen LogP contribution in [0.25, 0.3) is 21.9 Å². The average Bonchev–Trinajstić information content (AvgIpc) is 2.99. The van der Waals surface area contributed by atoms with Crippen LogP contribution in [0.5, 0.6) is 0 Å². The zero-order chi connectivity index (χ0) is 19.4. The molecule has 2 heterocycles. The number of benzene rings is 1. The molecule has 0 aliphatic carbocycles. The van der Waals surface area contributed by atoms with Gasteiger partial charge in [-0.2, -0.15) is 0 Å². The van der Waals surface area contributed by atoms with Crippen molar-refractivity contribution in [2.24, 2.45) is 5.73 Å². The highest BCUT2D eigenvalue weighted by atomic mass is 16.5. The van der Waals surface area contributed by atoms with E-state index in [1.54, 1.807) is 0 Å². The standard InChI is InChI=1S/C21H31N5O/c1-4-5-6-11-17-25-18-19(26(17)14-21(2,3)27-13-12-22)15-9-7-8-10-16(15)24-20(18)23/h7-10H,4-6,11-14,22H2,1-3H3,(H2,23,24). The first-order chi connectivity index (χ1) is 13.0. The van der Waals surface area contributed by atoms with Gasteiger partial charge in [0.25, 0.3) is 0 Å². The van der Waals surface area contributed by atoms with Crippen molar-refractivity contribution in [1.82, 2.24) is 14.5 Å². The molecular formula is C21H31N5O. The van der Waals surface area contributed by atoms with Crippen LogP contribution in [0.15, 0.2) is 24.3 Å². The minimum Gasteiger partial charge on any atom is -0.382 e. The third-order valence-electron chi connectivity index (χ3n) is 4.84. The van der Waals surface area contributed by atoms with Crippen molar-refractivity contribution in [2.75, 3.05) is 18.9 Å². The molecule has 146 valence electrons. The summed E-state index contributed by atoms with van der Waals surface area (Å²) >= 11 is 0. The zero-order valence-electron chi connectivity index (χ0n) is 16.7. The van der Waals surface area contributed by atoms with Gasteiger partial charge in [-0.15, -0.1) is 0 Å². The molecule has 6 nitrogen and oxygen atoms in total. The molecule has 3 rings (SSSR count). The van der Waals surface area contributed by atoms with Crippen molar-refractivity contribution in [1.29, 1.82) is 0 Å². The number of aryl methyl sites for hydroxylation is 1. The Morgan fingerprint density at radius 1 is 1.15 bits per heavy atom. The molecule has 2 aromatic heterocycles. The number of hydrogen-bond donors (Lipinski definition) is 2. The quantitative estimate of drug-likeness (QED) is 0.562. The minimum absolute atomic E-state index is 0.356. The fourth-order valence-corrected chi connectivity index (χ4v) is 3.56. The van der Waals surface area contributed by atoms with Gasteiger partial charge >= 0.3 is 0 Å². The monoisotopic (exact) mass is 369 g/mol. The predicted molar refractivity (Wildman–Crippen MR) is 112 cm³/mol. The lowest BCUT2D eigenvalue weighted by Crippen LogP contribution is -2.33. The van der Waals surface area contributed by atoms with E-state index >= 15 is 0 Å². The second-order valence-corrected chi connectivity index (χ2v) is 7.68. The Labute approximate surface area is 160 Å². The second kappa shape index (κ2) is 8.23. The van der Waals surface area contributed by atoms with E-state index in [2.05, 4.69) is 36.4 Å². The molecule has 0 aliphatic heterocycles. The smallest absolute Gasteiger partial charge is 0.152 e. The number of nitrogens with two attached hydrogens (primary N) is 2. The number of pyridine rings is 1. The Balaban J connectivity index is 2.15. The molecule has 0 amide bonds. The predicted octanol–water partition coefficient (Wildman–Crippen LogP) is 3.65. The summed E-state index contributed by atoms with van der Waals surface area (Å²) in [5.41, 5.74) is 14.3. The molecule has 0 radical (unpaired) electrons. The lowest BCUT2D eigenvalue weighted by atomic mass is 10.1. The number of fused-ring (bicyclic) bond motifs is 3. The Morgan fingerprint density at radius 3 is 2.67 bits per heavy atom. The Bertz CT molecular complexity index is 916. The zero-order valence-corrected chi connectivity index (χ0v) is 16.7. The van der Waals surface area contributed by atoms with Gasteiger partial charge in [0.1, 0.15) is 11.3 Å². The van der Waals surface area contributed by atoms with E-state index < -0.39 is 0 Å². The van der Waals surface area contributed by atoms with Crippen LogP contribution in [0, 0.1) is 0 Å². The molecule has 4 N–H and O–H groups in total. The van der Waals surface area contributed by atoms with Crippen LogP contribution >= 0.6 is 0 Å². The fourth-order valence-electron chi connectivity index (χ4n) is 3.56. The van der Waals surface area contributed by atoms with E-state index in [9.17, 15) is 0 Å². The van der Waals surface area contributed by atoms with Gasteiger partial charge in [0.2, 0.25) is 0 Å². The highest BCUT2D eigenvalue weighted by Gasteiger charge is 2.24. The van der Waals surface area contributed by atoms with Crippen molar-refractivity contribution < 1.29 is 4.74 Å². The largest absolute Gasteiger partial charge is 0.382 e. The number of imidazole rings is 1. The molecule has 0 spiro atoms. The molecule has 0 fully saturated rings. The summed E-state index contributed by atoms with van der Waals surface area (Å²) in [6, 6.07) is 8.10. The van der Waals surface area contributed by atoms with Crippen LogP contribution in [0.2, 0.25) is 0 Å². The van der Waals surface area contributed by atoms with Crippen LogP contribution < -0.4 is 11.5 Å². The highest BCUT2D eigenvalue weighted by molar-refractivity contribution is 6.06. The van der Waals surface area contributed by atoms with E-state index in [1.807, 2.05) is 18.2 Å². The lowest BCUT2D eigenvalue weighted by molar-refractivity contribution is -0.0250. The number of unbranched alkanes of at least 4 members (excludes halogenated alkanes) is 2. The van der Waals surface area contributed by atoms with Gasteiger partial charge < -0.3 is 20.8 Å². The summed E-state index contributed by atoms with van der Waals surface area (Å²) in [6.45, 7) is 8.14.